The number of rotatable bonds is 10. The van der Waals surface area contributed by atoms with E-state index in [1.807, 2.05) is 55.5 Å². The first-order chi connectivity index (χ1) is 18.1. The van der Waals surface area contributed by atoms with Gasteiger partial charge in [0.25, 0.3) is 0 Å². The van der Waals surface area contributed by atoms with Crippen LogP contribution in [0.25, 0.3) is 11.1 Å². The molecule has 0 unspecified atom stereocenters. The largest absolute Gasteiger partial charge is 0.480 e. The molecular formula is C29H32N2O6S. The van der Waals surface area contributed by atoms with Crippen molar-refractivity contribution in [3.05, 3.63) is 89.5 Å². The second-order valence-corrected chi connectivity index (χ2v) is 11.7. The molecule has 1 amide bonds. The van der Waals surface area contributed by atoms with Crippen molar-refractivity contribution in [2.24, 2.45) is 5.92 Å². The minimum atomic E-state index is -4.14. The predicted molar refractivity (Wildman–Crippen MR) is 144 cm³/mol. The lowest BCUT2D eigenvalue weighted by atomic mass is 9.98. The molecule has 0 heterocycles. The topological polar surface area (TPSA) is 113 Å². The molecule has 200 valence electrons. The van der Waals surface area contributed by atoms with E-state index in [-0.39, 0.29) is 29.9 Å². The number of ether oxygens (including phenoxy) is 1. The molecule has 1 aliphatic rings. The Bertz CT molecular complexity index is 1370. The molecular weight excluding hydrogens is 504 g/mol. The molecule has 0 aliphatic heterocycles. The number of carboxylic acids is 1. The highest BCUT2D eigenvalue weighted by atomic mass is 32.2. The summed E-state index contributed by atoms with van der Waals surface area (Å²) in [7, 11) is -4.14. The van der Waals surface area contributed by atoms with E-state index in [1.165, 1.54) is 12.1 Å². The molecule has 38 heavy (non-hydrogen) atoms. The number of alkyl carbamates (subject to hydrolysis) is 1. The molecule has 3 aromatic carbocycles. The van der Waals surface area contributed by atoms with Gasteiger partial charge in [-0.15, -0.1) is 0 Å². The maximum atomic E-state index is 13.4. The molecule has 0 fully saturated rings. The summed E-state index contributed by atoms with van der Waals surface area (Å²) in [6.07, 6.45) is -0.810. The molecule has 4 rings (SSSR count). The summed E-state index contributed by atoms with van der Waals surface area (Å²) >= 11 is 0. The number of amides is 1. The molecule has 0 saturated heterocycles. The number of aliphatic carboxylic acids is 1. The highest BCUT2D eigenvalue weighted by Gasteiger charge is 2.37. The molecule has 0 spiro atoms. The first kappa shape index (κ1) is 27.3. The molecule has 3 aromatic rings. The highest BCUT2D eigenvalue weighted by Crippen LogP contribution is 2.44. The predicted octanol–water partition coefficient (Wildman–Crippen LogP) is 4.63. The van der Waals surface area contributed by atoms with Crippen LogP contribution < -0.4 is 5.32 Å². The van der Waals surface area contributed by atoms with Crippen LogP contribution in [-0.4, -0.2) is 55.6 Å². The molecule has 0 bridgehead atoms. The second kappa shape index (κ2) is 11.4. The van der Waals surface area contributed by atoms with Crippen LogP contribution in [0.1, 0.15) is 36.5 Å². The van der Waals surface area contributed by atoms with Crippen molar-refractivity contribution in [2.75, 3.05) is 19.7 Å². The minimum Gasteiger partial charge on any atom is -0.480 e. The van der Waals surface area contributed by atoms with Gasteiger partial charge < -0.3 is 15.2 Å². The Kier molecular flexibility index (Phi) is 8.18. The SMILES string of the molecule is Cc1ccc(S(=O)(=O)N(CC(C)C)[C@@H](CNC(=O)OCC2c3ccccc3-c3ccccc32)C(=O)O)cc1. The number of hydrogen-bond acceptors (Lipinski definition) is 5. The Morgan fingerprint density at radius 1 is 0.947 bits per heavy atom. The van der Waals surface area contributed by atoms with E-state index in [0.717, 1.165) is 32.1 Å². The van der Waals surface area contributed by atoms with E-state index in [4.69, 9.17) is 4.74 Å². The molecule has 0 radical (unpaired) electrons. The lowest BCUT2D eigenvalue weighted by Gasteiger charge is -2.29. The number of carbonyl (C=O) groups is 2. The fourth-order valence-corrected chi connectivity index (χ4v) is 6.49. The number of hydrogen-bond donors (Lipinski definition) is 2. The van der Waals surface area contributed by atoms with Crippen molar-refractivity contribution in [2.45, 2.75) is 37.6 Å². The molecule has 1 aliphatic carbocycles. The van der Waals surface area contributed by atoms with Gasteiger partial charge in [-0.05, 0) is 47.2 Å². The van der Waals surface area contributed by atoms with Crippen LogP contribution in [0.3, 0.4) is 0 Å². The third-order valence-corrected chi connectivity index (χ3v) is 8.48. The van der Waals surface area contributed by atoms with Crippen molar-refractivity contribution < 1.29 is 27.9 Å². The number of nitrogens with one attached hydrogen (secondary N) is 1. The van der Waals surface area contributed by atoms with Gasteiger partial charge in [0.05, 0.1) is 4.90 Å². The fraction of sp³-hybridized carbons (Fsp3) is 0.310. The smallest absolute Gasteiger partial charge is 0.407 e. The zero-order chi connectivity index (χ0) is 27.4. The number of aryl methyl sites for hydroxylation is 1. The molecule has 1 atom stereocenters. The zero-order valence-corrected chi connectivity index (χ0v) is 22.4. The van der Waals surface area contributed by atoms with Crippen molar-refractivity contribution in [1.82, 2.24) is 9.62 Å². The van der Waals surface area contributed by atoms with Gasteiger partial charge in [0.2, 0.25) is 10.0 Å². The first-order valence-electron chi connectivity index (χ1n) is 12.5. The maximum Gasteiger partial charge on any atom is 0.407 e. The lowest BCUT2D eigenvalue weighted by molar-refractivity contribution is -0.141. The number of benzene rings is 3. The number of sulfonamides is 1. The van der Waals surface area contributed by atoms with Crippen LogP contribution >= 0.6 is 0 Å². The van der Waals surface area contributed by atoms with Gasteiger partial charge in [-0.3, -0.25) is 4.79 Å². The van der Waals surface area contributed by atoms with Crippen LogP contribution in [0.4, 0.5) is 4.79 Å². The van der Waals surface area contributed by atoms with E-state index >= 15 is 0 Å². The Labute approximate surface area is 223 Å². The highest BCUT2D eigenvalue weighted by molar-refractivity contribution is 7.89. The van der Waals surface area contributed by atoms with E-state index in [9.17, 15) is 23.1 Å². The van der Waals surface area contributed by atoms with Crippen molar-refractivity contribution in [1.29, 1.82) is 0 Å². The summed E-state index contributed by atoms with van der Waals surface area (Å²) in [5.74, 6) is -1.66. The quantitative estimate of drug-likeness (QED) is 0.391. The van der Waals surface area contributed by atoms with E-state index < -0.39 is 34.7 Å². The summed E-state index contributed by atoms with van der Waals surface area (Å²) in [5, 5.41) is 12.4. The monoisotopic (exact) mass is 536 g/mol. The average Bonchev–Trinajstić information content (AvgIpc) is 3.20. The Morgan fingerprint density at radius 2 is 1.50 bits per heavy atom. The standard InChI is InChI=1S/C29H32N2O6S/c1-19(2)17-31(38(35,36)21-14-12-20(3)13-15-21)27(28(32)33)16-30-29(34)37-18-26-24-10-6-4-8-22(24)23-9-5-7-11-25(23)26/h4-15,19,26-27H,16-18H2,1-3H3,(H,30,34)(H,32,33)/t27-/m0/s1. The maximum absolute atomic E-state index is 13.4. The Hall–Kier alpha value is -3.69. The van der Waals surface area contributed by atoms with Crippen LogP contribution in [0.15, 0.2) is 77.7 Å². The number of fused-ring (bicyclic) bond motifs is 3. The van der Waals surface area contributed by atoms with Gasteiger partial charge in [-0.25, -0.2) is 13.2 Å². The molecule has 0 saturated carbocycles. The lowest BCUT2D eigenvalue weighted by Crippen LogP contribution is -2.52. The summed E-state index contributed by atoms with van der Waals surface area (Å²) in [6.45, 7) is 5.03. The Morgan fingerprint density at radius 3 is 2.03 bits per heavy atom. The molecule has 8 nitrogen and oxygen atoms in total. The van der Waals surface area contributed by atoms with Gasteiger partial charge >= 0.3 is 12.1 Å². The van der Waals surface area contributed by atoms with Crippen LogP contribution in [-0.2, 0) is 19.6 Å². The minimum absolute atomic E-state index is 0.00357. The van der Waals surface area contributed by atoms with Crippen LogP contribution in [0.2, 0.25) is 0 Å². The summed E-state index contributed by atoms with van der Waals surface area (Å²) in [4.78, 5) is 24.9. The van der Waals surface area contributed by atoms with Gasteiger partial charge in [0.1, 0.15) is 12.6 Å². The van der Waals surface area contributed by atoms with E-state index in [2.05, 4.69) is 5.32 Å². The number of nitrogens with zero attached hydrogens (tertiary/aromatic N) is 1. The Balaban J connectivity index is 1.47. The van der Waals surface area contributed by atoms with Gasteiger partial charge in [0.15, 0.2) is 0 Å². The summed E-state index contributed by atoms with van der Waals surface area (Å²) in [6, 6.07) is 20.6. The number of carboxylic acid groups (broad SMARTS) is 1. The molecule has 0 aromatic heterocycles. The van der Waals surface area contributed by atoms with E-state index in [1.54, 1.807) is 26.0 Å². The van der Waals surface area contributed by atoms with Crippen LogP contribution in [0, 0.1) is 12.8 Å². The fourth-order valence-electron chi connectivity index (χ4n) is 4.74. The normalized spacial score (nSPS) is 13.7. The third-order valence-electron chi connectivity index (χ3n) is 6.59. The first-order valence-corrected chi connectivity index (χ1v) is 13.9. The second-order valence-electron chi connectivity index (χ2n) is 9.84. The van der Waals surface area contributed by atoms with Crippen molar-refractivity contribution >= 4 is 22.1 Å². The average molecular weight is 537 g/mol. The molecule has 2 N–H and O–H groups in total. The zero-order valence-electron chi connectivity index (χ0n) is 21.6. The van der Waals surface area contributed by atoms with Crippen molar-refractivity contribution in [3.8, 4) is 11.1 Å². The van der Waals surface area contributed by atoms with Gasteiger partial charge in [-0.1, -0.05) is 80.1 Å². The van der Waals surface area contributed by atoms with Gasteiger partial charge in [-0.2, -0.15) is 4.31 Å². The van der Waals surface area contributed by atoms with Crippen LogP contribution in [0.5, 0.6) is 0 Å². The summed E-state index contributed by atoms with van der Waals surface area (Å²) in [5.41, 5.74) is 5.17. The summed E-state index contributed by atoms with van der Waals surface area (Å²) < 4.78 is 33.3. The number of carbonyl (C=O) groups excluding carboxylic acids is 1. The molecule has 9 heteroatoms. The third kappa shape index (κ3) is 5.74. The van der Waals surface area contributed by atoms with Crippen molar-refractivity contribution in [3.63, 3.8) is 0 Å². The van der Waals surface area contributed by atoms with E-state index in [0.29, 0.717) is 0 Å². The van der Waals surface area contributed by atoms with Gasteiger partial charge in [0, 0.05) is 19.0 Å².